The highest BCUT2D eigenvalue weighted by atomic mass is 16.5. The zero-order chi connectivity index (χ0) is 12.4. The molecular formula is C13H20N4O. The smallest absolute Gasteiger partial charge is 0.227 e. The summed E-state index contributed by atoms with van der Waals surface area (Å²) >= 11 is 0. The first-order chi connectivity index (χ1) is 8.84. The second kappa shape index (κ2) is 5.10. The molecule has 0 unspecified atom stereocenters. The summed E-state index contributed by atoms with van der Waals surface area (Å²) in [6, 6.07) is 0. The number of nitrogens with two attached hydrogens (primary N) is 1. The van der Waals surface area contributed by atoms with E-state index in [2.05, 4.69) is 9.88 Å². The Hall–Kier alpha value is -1.36. The minimum absolute atomic E-state index is 0.684. The van der Waals surface area contributed by atoms with Crippen molar-refractivity contribution in [1.82, 2.24) is 9.97 Å². The van der Waals surface area contributed by atoms with Gasteiger partial charge in [0.1, 0.15) is 5.82 Å². The van der Waals surface area contributed by atoms with E-state index in [9.17, 15) is 0 Å². The molecule has 5 heteroatoms. The number of anilines is 2. The number of morpholine rings is 1. The number of ether oxygens (including phenoxy) is 1. The molecule has 98 valence electrons. The molecule has 2 aliphatic rings. The van der Waals surface area contributed by atoms with Crippen molar-refractivity contribution >= 4 is 11.8 Å². The Labute approximate surface area is 107 Å². The summed E-state index contributed by atoms with van der Waals surface area (Å²) in [4.78, 5) is 11.4. The lowest BCUT2D eigenvalue weighted by Crippen LogP contribution is -2.37. The largest absolute Gasteiger partial charge is 0.383 e. The van der Waals surface area contributed by atoms with E-state index in [1.54, 1.807) is 0 Å². The Morgan fingerprint density at radius 1 is 1.00 bits per heavy atom. The van der Waals surface area contributed by atoms with Gasteiger partial charge in [0, 0.05) is 18.7 Å². The fourth-order valence-electron chi connectivity index (χ4n) is 2.69. The van der Waals surface area contributed by atoms with E-state index < -0.39 is 0 Å². The predicted molar refractivity (Wildman–Crippen MR) is 70.7 cm³/mol. The molecule has 1 aromatic rings. The van der Waals surface area contributed by atoms with E-state index in [-0.39, 0.29) is 0 Å². The molecule has 0 amide bonds. The summed E-state index contributed by atoms with van der Waals surface area (Å²) in [6.07, 6.45) is 5.76. The summed E-state index contributed by atoms with van der Waals surface area (Å²) in [5.41, 5.74) is 8.46. The lowest BCUT2D eigenvalue weighted by molar-refractivity contribution is 0.122. The number of rotatable bonds is 1. The van der Waals surface area contributed by atoms with Gasteiger partial charge in [0.05, 0.1) is 18.9 Å². The SMILES string of the molecule is Nc1nc(N2CCOCC2)nc2c1CCCCC2. The summed E-state index contributed by atoms with van der Waals surface area (Å²) in [5, 5.41) is 0. The Kier molecular flexibility index (Phi) is 3.32. The maximum Gasteiger partial charge on any atom is 0.227 e. The fraction of sp³-hybridized carbons (Fsp3) is 0.692. The molecular weight excluding hydrogens is 228 g/mol. The Morgan fingerprint density at radius 3 is 2.61 bits per heavy atom. The minimum atomic E-state index is 0.684. The molecule has 18 heavy (non-hydrogen) atoms. The van der Waals surface area contributed by atoms with Crippen LogP contribution in [0.4, 0.5) is 11.8 Å². The second-order valence-electron chi connectivity index (χ2n) is 4.99. The van der Waals surface area contributed by atoms with Gasteiger partial charge in [0.25, 0.3) is 0 Å². The van der Waals surface area contributed by atoms with Crippen molar-refractivity contribution in [3.8, 4) is 0 Å². The third-order valence-corrected chi connectivity index (χ3v) is 3.75. The Morgan fingerprint density at radius 2 is 1.78 bits per heavy atom. The maximum absolute atomic E-state index is 6.11. The molecule has 1 aromatic heterocycles. The van der Waals surface area contributed by atoms with Crippen molar-refractivity contribution in [3.63, 3.8) is 0 Å². The normalized spacial score (nSPS) is 20.3. The summed E-state index contributed by atoms with van der Waals surface area (Å²) in [5.74, 6) is 1.47. The van der Waals surface area contributed by atoms with Crippen molar-refractivity contribution in [2.75, 3.05) is 36.9 Å². The van der Waals surface area contributed by atoms with Gasteiger partial charge in [0.2, 0.25) is 5.95 Å². The monoisotopic (exact) mass is 248 g/mol. The van der Waals surface area contributed by atoms with Gasteiger partial charge >= 0.3 is 0 Å². The van der Waals surface area contributed by atoms with Crippen LogP contribution in [0.3, 0.4) is 0 Å². The van der Waals surface area contributed by atoms with Crippen molar-refractivity contribution in [1.29, 1.82) is 0 Å². The molecule has 2 heterocycles. The standard InChI is InChI=1S/C13H20N4O/c14-12-10-4-2-1-3-5-11(10)15-13(16-12)17-6-8-18-9-7-17/h1-9H2,(H2,14,15,16). The van der Waals surface area contributed by atoms with Gasteiger partial charge in [-0.05, 0) is 25.7 Å². The van der Waals surface area contributed by atoms with Crippen LogP contribution >= 0.6 is 0 Å². The van der Waals surface area contributed by atoms with E-state index in [1.807, 2.05) is 0 Å². The number of aromatic nitrogens is 2. The van der Waals surface area contributed by atoms with Crippen LogP contribution in [0, 0.1) is 0 Å². The molecule has 3 rings (SSSR count). The van der Waals surface area contributed by atoms with Crippen LogP contribution < -0.4 is 10.6 Å². The Bertz CT molecular complexity index is 429. The molecule has 0 radical (unpaired) electrons. The quantitative estimate of drug-likeness (QED) is 0.756. The van der Waals surface area contributed by atoms with E-state index >= 15 is 0 Å². The average molecular weight is 248 g/mol. The third kappa shape index (κ3) is 2.27. The van der Waals surface area contributed by atoms with Crippen LogP contribution in [0.1, 0.15) is 30.5 Å². The van der Waals surface area contributed by atoms with Gasteiger partial charge in [-0.2, -0.15) is 4.98 Å². The van der Waals surface area contributed by atoms with Crippen LogP contribution in [-0.2, 0) is 17.6 Å². The van der Waals surface area contributed by atoms with Gasteiger partial charge < -0.3 is 15.4 Å². The van der Waals surface area contributed by atoms with Gasteiger partial charge in [-0.25, -0.2) is 4.98 Å². The first-order valence-corrected chi connectivity index (χ1v) is 6.82. The van der Waals surface area contributed by atoms with Gasteiger partial charge in [-0.1, -0.05) is 6.42 Å². The number of hydrogen-bond acceptors (Lipinski definition) is 5. The van der Waals surface area contributed by atoms with Crippen molar-refractivity contribution < 1.29 is 4.74 Å². The second-order valence-corrected chi connectivity index (χ2v) is 4.99. The maximum atomic E-state index is 6.11. The fourth-order valence-corrected chi connectivity index (χ4v) is 2.69. The van der Waals surface area contributed by atoms with Crippen LogP contribution in [0.15, 0.2) is 0 Å². The molecule has 0 saturated carbocycles. The molecule has 1 saturated heterocycles. The highest BCUT2D eigenvalue weighted by Crippen LogP contribution is 2.25. The van der Waals surface area contributed by atoms with Crippen molar-refractivity contribution in [3.05, 3.63) is 11.3 Å². The third-order valence-electron chi connectivity index (χ3n) is 3.75. The number of nitrogens with zero attached hydrogens (tertiary/aromatic N) is 3. The van der Waals surface area contributed by atoms with Gasteiger partial charge in [-0.3, -0.25) is 0 Å². The number of fused-ring (bicyclic) bond motifs is 1. The van der Waals surface area contributed by atoms with Crippen molar-refractivity contribution in [2.24, 2.45) is 0 Å². The topological polar surface area (TPSA) is 64.3 Å². The summed E-state index contributed by atoms with van der Waals surface area (Å²) in [7, 11) is 0. The molecule has 1 fully saturated rings. The molecule has 0 aromatic carbocycles. The zero-order valence-corrected chi connectivity index (χ0v) is 10.7. The highest BCUT2D eigenvalue weighted by Gasteiger charge is 2.19. The molecule has 1 aliphatic carbocycles. The minimum Gasteiger partial charge on any atom is -0.383 e. The van der Waals surface area contributed by atoms with E-state index in [0.29, 0.717) is 5.82 Å². The summed E-state index contributed by atoms with van der Waals surface area (Å²) in [6.45, 7) is 3.22. The van der Waals surface area contributed by atoms with Crippen LogP contribution in [0.25, 0.3) is 0 Å². The number of aryl methyl sites for hydroxylation is 1. The molecule has 5 nitrogen and oxygen atoms in total. The molecule has 1 aliphatic heterocycles. The molecule has 0 bridgehead atoms. The number of hydrogen-bond donors (Lipinski definition) is 1. The predicted octanol–water partition coefficient (Wildman–Crippen LogP) is 1.16. The van der Waals surface area contributed by atoms with Gasteiger partial charge in [0.15, 0.2) is 0 Å². The van der Waals surface area contributed by atoms with E-state index in [1.165, 1.54) is 30.5 Å². The lowest BCUT2D eigenvalue weighted by Gasteiger charge is -2.27. The first kappa shape index (κ1) is 11.7. The molecule has 0 atom stereocenters. The van der Waals surface area contributed by atoms with E-state index in [4.69, 9.17) is 15.5 Å². The average Bonchev–Trinajstić information content (AvgIpc) is 2.65. The van der Waals surface area contributed by atoms with Crippen molar-refractivity contribution in [2.45, 2.75) is 32.1 Å². The van der Waals surface area contributed by atoms with Crippen LogP contribution in [0.5, 0.6) is 0 Å². The van der Waals surface area contributed by atoms with Gasteiger partial charge in [-0.15, -0.1) is 0 Å². The van der Waals surface area contributed by atoms with Crippen LogP contribution in [-0.4, -0.2) is 36.3 Å². The summed E-state index contributed by atoms with van der Waals surface area (Å²) < 4.78 is 5.36. The Balaban J connectivity index is 1.91. The van der Waals surface area contributed by atoms with Crippen LogP contribution in [0.2, 0.25) is 0 Å². The molecule has 0 spiro atoms. The van der Waals surface area contributed by atoms with E-state index in [0.717, 1.165) is 45.1 Å². The first-order valence-electron chi connectivity index (χ1n) is 6.82. The zero-order valence-electron chi connectivity index (χ0n) is 10.7. The molecule has 2 N–H and O–H groups in total. The lowest BCUT2D eigenvalue weighted by atomic mass is 10.1. The number of nitrogen functional groups attached to an aromatic ring is 1. The highest BCUT2D eigenvalue weighted by molar-refractivity contribution is 5.48.